The van der Waals surface area contributed by atoms with Crippen LogP contribution in [0.1, 0.15) is 44.4 Å². The summed E-state index contributed by atoms with van der Waals surface area (Å²) in [5, 5.41) is 24.2. The third-order valence-electron chi connectivity index (χ3n) is 7.34. The van der Waals surface area contributed by atoms with E-state index in [1.807, 2.05) is 16.8 Å². The van der Waals surface area contributed by atoms with Gasteiger partial charge in [-0.25, -0.2) is 0 Å². The highest BCUT2D eigenvalue weighted by Crippen LogP contribution is 2.65. The van der Waals surface area contributed by atoms with Crippen LogP contribution in [-0.4, -0.2) is 29.9 Å². The van der Waals surface area contributed by atoms with Gasteiger partial charge in [0.15, 0.2) is 0 Å². The molecule has 3 aromatic rings. The van der Waals surface area contributed by atoms with Crippen LogP contribution in [0.15, 0.2) is 41.3 Å². The molecule has 0 N–H and O–H groups in total. The van der Waals surface area contributed by atoms with Gasteiger partial charge in [-0.05, 0) is 67.9 Å². The molecule has 30 heavy (non-hydrogen) atoms. The molecule has 9 heteroatoms. The fraction of sp³-hybridized carbons (Fsp3) is 0.524. The fourth-order valence-electron chi connectivity index (χ4n) is 6.80. The Morgan fingerprint density at radius 3 is 2.63 bits per heavy atom. The normalized spacial score (nSPS) is 31.9. The molecule has 0 amide bonds. The Morgan fingerprint density at radius 2 is 1.93 bits per heavy atom. The first-order valence-electron chi connectivity index (χ1n) is 10.4. The van der Waals surface area contributed by atoms with Gasteiger partial charge in [0.2, 0.25) is 11.8 Å². The summed E-state index contributed by atoms with van der Waals surface area (Å²) >= 11 is 0. The number of hydrogen-bond acceptors (Lipinski definition) is 7. The van der Waals surface area contributed by atoms with Gasteiger partial charge in [0.25, 0.3) is 0 Å². The summed E-state index contributed by atoms with van der Waals surface area (Å²) in [6.45, 7) is 0. The maximum absolute atomic E-state index is 11.2. The highest BCUT2D eigenvalue weighted by molar-refractivity contribution is 5.50. The van der Waals surface area contributed by atoms with Crippen LogP contribution < -0.4 is 0 Å². The van der Waals surface area contributed by atoms with Gasteiger partial charge in [0.05, 0.1) is 10.5 Å². The Balaban J connectivity index is 1.30. The molecule has 0 spiro atoms. The minimum absolute atomic E-state index is 0.0682. The average molecular weight is 406 g/mol. The monoisotopic (exact) mass is 406 g/mol. The lowest BCUT2D eigenvalue weighted by molar-refractivity contribution is -0.385. The Morgan fingerprint density at radius 1 is 1.17 bits per heavy atom. The lowest BCUT2D eigenvalue weighted by Crippen LogP contribution is -2.57. The van der Waals surface area contributed by atoms with Crippen LogP contribution in [0.4, 0.5) is 5.69 Å². The second-order valence-corrected chi connectivity index (χ2v) is 9.50. The van der Waals surface area contributed by atoms with Crippen LogP contribution in [-0.2, 0) is 12.0 Å². The first-order valence-corrected chi connectivity index (χ1v) is 10.4. The van der Waals surface area contributed by atoms with Crippen LogP contribution in [0.5, 0.6) is 0 Å². The summed E-state index contributed by atoms with van der Waals surface area (Å²) < 4.78 is 7.92. The van der Waals surface area contributed by atoms with E-state index in [1.165, 1.54) is 12.6 Å². The third kappa shape index (κ3) is 2.75. The molecule has 0 saturated heterocycles. The topological polar surface area (TPSA) is 113 Å². The smallest absolute Gasteiger partial charge is 0.307 e. The first kappa shape index (κ1) is 17.7. The van der Waals surface area contributed by atoms with Crippen LogP contribution in [0.25, 0.3) is 11.5 Å². The van der Waals surface area contributed by atoms with Crippen molar-refractivity contribution in [2.24, 2.45) is 17.3 Å². The minimum Gasteiger partial charge on any atom is -0.421 e. The van der Waals surface area contributed by atoms with Crippen LogP contribution in [0.3, 0.4) is 0 Å². The van der Waals surface area contributed by atoms with Crippen molar-refractivity contribution in [3.63, 3.8) is 0 Å². The van der Waals surface area contributed by atoms with Crippen LogP contribution in [0.2, 0.25) is 0 Å². The maximum atomic E-state index is 11.2. The van der Waals surface area contributed by atoms with Gasteiger partial charge in [-0.2, -0.15) is 5.10 Å². The zero-order valence-corrected chi connectivity index (χ0v) is 16.5. The van der Waals surface area contributed by atoms with Gasteiger partial charge in [0.1, 0.15) is 12.4 Å². The van der Waals surface area contributed by atoms with E-state index in [0.29, 0.717) is 23.6 Å². The number of nitro groups is 1. The molecule has 3 heterocycles. The fourth-order valence-corrected chi connectivity index (χ4v) is 6.80. The molecule has 4 aliphatic carbocycles. The molecule has 4 saturated carbocycles. The Bertz CT molecular complexity index is 1090. The molecular formula is C21H22N6O3. The molecule has 9 nitrogen and oxygen atoms in total. The van der Waals surface area contributed by atoms with Crippen molar-refractivity contribution in [3.8, 4) is 11.5 Å². The quantitative estimate of drug-likeness (QED) is 0.468. The lowest BCUT2D eigenvalue weighted by Gasteiger charge is -2.61. The van der Waals surface area contributed by atoms with E-state index in [9.17, 15) is 10.1 Å². The van der Waals surface area contributed by atoms with E-state index in [2.05, 4.69) is 20.3 Å². The summed E-state index contributed by atoms with van der Waals surface area (Å²) in [5.74, 6) is 2.44. The Hall–Kier alpha value is -3.10. The largest absolute Gasteiger partial charge is 0.421 e. The predicted octanol–water partition coefficient (Wildman–Crippen LogP) is 3.77. The third-order valence-corrected chi connectivity index (χ3v) is 7.34. The van der Waals surface area contributed by atoms with Crippen molar-refractivity contribution in [1.29, 1.82) is 0 Å². The van der Waals surface area contributed by atoms with E-state index in [-0.39, 0.29) is 21.6 Å². The van der Waals surface area contributed by atoms with Gasteiger partial charge in [-0.3, -0.25) is 19.8 Å². The van der Waals surface area contributed by atoms with E-state index in [4.69, 9.17) is 4.42 Å². The van der Waals surface area contributed by atoms with Gasteiger partial charge in [0, 0.05) is 24.4 Å². The molecule has 4 bridgehead atoms. The summed E-state index contributed by atoms with van der Waals surface area (Å²) in [6.07, 6.45) is 13.8. The number of nitrogens with zero attached hydrogens (tertiary/aromatic N) is 6. The molecule has 0 aliphatic heterocycles. The number of rotatable bonds is 5. The molecule has 2 atom stereocenters. The molecule has 7 rings (SSSR count). The van der Waals surface area contributed by atoms with Crippen molar-refractivity contribution in [2.75, 3.05) is 0 Å². The van der Waals surface area contributed by atoms with Gasteiger partial charge in [-0.1, -0.05) is 0 Å². The van der Waals surface area contributed by atoms with Gasteiger partial charge >= 0.3 is 5.69 Å². The molecule has 3 aromatic heterocycles. The summed E-state index contributed by atoms with van der Waals surface area (Å²) in [5.41, 5.74) is 0.896. The van der Waals surface area contributed by atoms with E-state index in [0.717, 1.165) is 44.1 Å². The Labute approximate surface area is 172 Å². The summed E-state index contributed by atoms with van der Waals surface area (Å²) in [6, 6.07) is 3.73. The molecule has 4 fully saturated rings. The van der Waals surface area contributed by atoms with Crippen molar-refractivity contribution in [1.82, 2.24) is 25.0 Å². The van der Waals surface area contributed by atoms with Crippen molar-refractivity contribution in [2.45, 2.75) is 50.5 Å². The SMILES string of the molecule is O=[N+]([O-])c1cnn(C23CC4CC(CC(Cc5nnc(-c6ccncc6)o5)(C4)C2)C3)c1. The van der Waals surface area contributed by atoms with Crippen molar-refractivity contribution < 1.29 is 9.34 Å². The molecule has 0 radical (unpaired) electrons. The second-order valence-electron chi connectivity index (χ2n) is 9.50. The minimum atomic E-state index is -0.362. The van der Waals surface area contributed by atoms with Crippen LogP contribution >= 0.6 is 0 Å². The number of pyridine rings is 1. The zero-order chi connectivity index (χ0) is 20.3. The molecule has 2 unspecified atom stereocenters. The summed E-state index contributed by atoms with van der Waals surface area (Å²) in [4.78, 5) is 14.9. The van der Waals surface area contributed by atoms with E-state index < -0.39 is 0 Å². The number of aromatic nitrogens is 5. The highest BCUT2D eigenvalue weighted by Gasteiger charge is 2.59. The zero-order valence-electron chi connectivity index (χ0n) is 16.5. The molecule has 154 valence electrons. The average Bonchev–Trinajstić information content (AvgIpc) is 3.37. The van der Waals surface area contributed by atoms with Gasteiger partial charge in [-0.15, -0.1) is 10.2 Å². The molecular weight excluding hydrogens is 384 g/mol. The Kier molecular flexibility index (Phi) is 3.66. The first-order chi connectivity index (χ1) is 14.5. The van der Waals surface area contributed by atoms with Crippen molar-refractivity contribution in [3.05, 3.63) is 52.9 Å². The second kappa shape index (κ2) is 6.20. The standard InChI is InChI=1S/C21H22N6O3/c28-27(29)17-11-23-26(12-17)21-8-14-5-15(9-21)7-20(6-14,13-21)10-18-24-25-19(30-18)16-1-3-22-4-2-16/h1-4,11-12,14-15H,5-10,13H2. The summed E-state index contributed by atoms with van der Waals surface area (Å²) in [7, 11) is 0. The molecule has 4 aliphatic rings. The van der Waals surface area contributed by atoms with Gasteiger partial charge < -0.3 is 4.42 Å². The van der Waals surface area contributed by atoms with E-state index >= 15 is 0 Å². The predicted molar refractivity (Wildman–Crippen MR) is 105 cm³/mol. The highest BCUT2D eigenvalue weighted by atomic mass is 16.6. The number of hydrogen-bond donors (Lipinski definition) is 0. The maximum Gasteiger partial charge on any atom is 0.307 e. The molecule has 0 aromatic carbocycles. The van der Waals surface area contributed by atoms with Crippen molar-refractivity contribution >= 4 is 5.69 Å². The van der Waals surface area contributed by atoms with E-state index in [1.54, 1.807) is 18.6 Å². The lowest BCUT2D eigenvalue weighted by atomic mass is 9.46. The van der Waals surface area contributed by atoms with Crippen LogP contribution in [0, 0.1) is 27.4 Å².